The molecule has 0 aromatic heterocycles. The summed E-state index contributed by atoms with van der Waals surface area (Å²) < 4.78 is 0. The van der Waals surface area contributed by atoms with Gasteiger partial charge in [0, 0.05) is 0 Å². The monoisotopic (exact) mass is 117 g/mol. The van der Waals surface area contributed by atoms with Gasteiger partial charge in [0.05, 0.1) is 6.10 Å². The number of hydrogen-bond acceptors (Lipinski definition) is 3. The molecule has 0 saturated carbocycles. The highest BCUT2D eigenvalue weighted by Gasteiger charge is 2.14. The lowest BCUT2D eigenvalue weighted by Gasteiger charge is -2.07. The van der Waals surface area contributed by atoms with E-state index in [9.17, 15) is 4.79 Å². The first-order chi connectivity index (χ1) is 3.55. The van der Waals surface area contributed by atoms with E-state index < -0.39 is 18.1 Å². The zero-order valence-electron chi connectivity index (χ0n) is 4.59. The first-order valence-electron chi connectivity index (χ1n) is 2.25. The molecule has 1 radical (unpaired) electrons. The van der Waals surface area contributed by atoms with Crippen LogP contribution in [-0.4, -0.2) is 23.2 Å². The Morgan fingerprint density at radius 2 is 2.25 bits per heavy atom. The van der Waals surface area contributed by atoms with Gasteiger partial charge < -0.3 is 10.8 Å². The van der Waals surface area contributed by atoms with Gasteiger partial charge in [-0.15, -0.1) is 0 Å². The number of nitrogens with two attached hydrogens (primary N) is 1. The van der Waals surface area contributed by atoms with Gasteiger partial charge in [0.1, 0.15) is 6.04 Å². The highest BCUT2D eigenvalue weighted by Crippen LogP contribution is 1.85. The first kappa shape index (κ1) is 7.39. The van der Waals surface area contributed by atoms with E-state index in [-0.39, 0.29) is 0 Å². The van der Waals surface area contributed by atoms with Crippen LogP contribution in [0.3, 0.4) is 0 Å². The molecule has 0 fully saturated rings. The van der Waals surface area contributed by atoms with Gasteiger partial charge in [-0.1, -0.05) is 0 Å². The van der Waals surface area contributed by atoms with E-state index in [1.165, 1.54) is 6.92 Å². The van der Waals surface area contributed by atoms with Crippen LogP contribution in [0.25, 0.3) is 0 Å². The highest BCUT2D eigenvalue weighted by atomic mass is 16.3. The second-order valence-electron chi connectivity index (χ2n) is 1.63. The van der Waals surface area contributed by atoms with E-state index in [1.54, 1.807) is 0 Å². The van der Waals surface area contributed by atoms with Gasteiger partial charge in [-0.3, -0.25) is 10.5 Å². The summed E-state index contributed by atoms with van der Waals surface area (Å²) in [4.78, 5) is 9.97. The van der Waals surface area contributed by atoms with Crippen molar-refractivity contribution in [2.45, 2.75) is 19.1 Å². The van der Waals surface area contributed by atoms with E-state index in [4.69, 9.17) is 16.6 Å². The van der Waals surface area contributed by atoms with Crippen LogP contribution in [0.15, 0.2) is 0 Å². The summed E-state index contributed by atoms with van der Waals surface area (Å²) in [6.07, 6.45) is -0.917. The fraction of sp³-hybridized carbons (Fsp3) is 0.750. The smallest absolute Gasteiger partial charge is 0.257 e. The lowest BCUT2D eigenvalue weighted by molar-refractivity contribution is -0.121. The van der Waals surface area contributed by atoms with Crippen LogP contribution in [0.2, 0.25) is 0 Å². The molecule has 47 valence electrons. The van der Waals surface area contributed by atoms with E-state index in [0.29, 0.717) is 0 Å². The molecular formula is C4H9N2O2. The third-order valence-corrected chi connectivity index (χ3v) is 0.822. The number of aliphatic hydroxyl groups excluding tert-OH is 1. The molecular weight excluding hydrogens is 108 g/mol. The Labute approximate surface area is 47.5 Å². The molecule has 0 spiro atoms. The minimum Gasteiger partial charge on any atom is -0.391 e. The molecule has 0 bridgehead atoms. The van der Waals surface area contributed by atoms with Crippen molar-refractivity contribution in [1.82, 2.24) is 5.73 Å². The maximum Gasteiger partial charge on any atom is 0.257 e. The van der Waals surface area contributed by atoms with Crippen LogP contribution in [0.4, 0.5) is 0 Å². The molecule has 0 aromatic rings. The van der Waals surface area contributed by atoms with Gasteiger partial charge in [-0.25, -0.2) is 0 Å². The van der Waals surface area contributed by atoms with E-state index in [2.05, 4.69) is 0 Å². The molecule has 2 atom stereocenters. The van der Waals surface area contributed by atoms with Crippen LogP contribution in [0.5, 0.6) is 0 Å². The van der Waals surface area contributed by atoms with Crippen LogP contribution >= 0.6 is 0 Å². The average molecular weight is 117 g/mol. The predicted molar refractivity (Wildman–Crippen MR) is 27.8 cm³/mol. The highest BCUT2D eigenvalue weighted by molar-refractivity contribution is 5.79. The molecule has 0 aliphatic heterocycles. The summed E-state index contributed by atoms with van der Waals surface area (Å²) in [5.41, 5.74) is 11.4. The Kier molecular flexibility index (Phi) is 2.44. The van der Waals surface area contributed by atoms with E-state index in [0.717, 1.165) is 0 Å². The number of hydrogen-bond donors (Lipinski definition) is 2. The summed E-state index contributed by atoms with van der Waals surface area (Å²) in [6.45, 7) is 1.37. The summed E-state index contributed by atoms with van der Waals surface area (Å²) in [5, 5.41) is 8.53. The number of carbonyl (C=O) groups is 1. The molecule has 0 heterocycles. The van der Waals surface area contributed by atoms with Crippen molar-refractivity contribution < 1.29 is 9.90 Å². The molecule has 0 aromatic carbocycles. The van der Waals surface area contributed by atoms with E-state index >= 15 is 0 Å². The van der Waals surface area contributed by atoms with Gasteiger partial charge in [0.25, 0.3) is 5.91 Å². The molecule has 4 nitrogen and oxygen atoms in total. The van der Waals surface area contributed by atoms with Crippen molar-refractivity contribution in [3.05, 3.63) is 0 Å². The normalized spacial score (nSPS) is 17.4. The van der Waals surface area contributed by atoms with Crippen LogP contribution in [0, 0.1) is 0 Å². The van der Waals surface area contributed by atoms with Crippen LogP contribution < -0.4 is 11.5 Å². The summed E-state index contributed by atoms with van der Waals surface area (Å²) in [7, 11) is 0. The van der Waals surface area contributed by atoms with Gasteiger partial charge >= 0.3 is 0 Å². The predicted octanol–water partition coefficient (Wildman–Crippen LogP) is -1.50. The fourth-order valence-corrected chi connectivity index (χ4v) is 0.219. The lowest BCUT2D eigenvalue weighted by Crippen LogP contribution is -2.40. The molecule has 0 aliphatic carbocycles. The first-order valence-corrected chi connectivity index (χ1v) is 2.25. The van der Waals surface area contributed by atoms with Crippen molar-refractivity contribution in [2.24, 2.45) is 5.73 Å². The summed E-state index contributed by atoms with van der Waals surface area (Å²) >= 11 is 0. The third kappa shape index (κ3) is 1.90. The number of amides is 1. The molecule has 1 unspecified atom stereocenters. The lowest BCUT2D eigenvalue weighted by atomic mass is 10.2. The standard InChI is InChI=1S/C4H9N2O2/c1-2(7)3(5)4(6)8/h2-3,6-7H,5H2,1H3/t2?,3-/m0/s1. The largest absolute Gasteiger partial charge is 0.391 e. The van der Waals surface area contributed by atoms with Crippen molar-refractivity contribution in [3.63, 3.8) is 0 Å². The molecule has 1 amide bonds. The number of nitrogens with one attached hydrogen (secondary N) is 1. The quantitative estimate of drug-likeness (QED) is 0.461. The Bertz CT molecular complexity index is 92.0. The molecule has 0 rings (SSSR count). The average Bonchev–Trinajstić information content (AvgIpc) is 1.64. The zero-order chi connectivity index (χ0) is 6.73. The van der Waals surface area contributed by atoms with Gasteiger partial charge in [0.15, 0.2) is 0 Å². The summed E-state index contributed by atoms with van der Waals surface area (Å²) in [5.74, 6) is -0.931. The second kappa shape index (κ2) is 2.64. The van der Waals surface area contributed by atoms with E-state index in [1.807, 2.05) is 0 Å². The molecule has 0 saturated heterocycles. The number of aliphatic hydroxyl groups is 1. The Balaban J connectivity index is 3.64. The number of rotatable bonds is 2. The van der Waals surface area contributed by atoms with Crippen LogP contribution in [0.1, 0.15) is 6.92 Å². The minimum absolute atomic E-state index is 0.917. The Morgan fingerprint density at radius 1 is 1.88 bits per heavy atom. The SMILES string of the molecule is CC(O)[C@H](N)C([NH])=O. The second-order valence-corrected chi connectivity index (χ2v) is 1.63. The molecule has 0 aliphatic rings. The number of carbonyl (C=O) groups excluding carboxylic acids is 1. The minimum atomic E-state index is -1.05. The zero-order valence-corrected chi connectivity index (χ0v) is 4.59. The van der Waals surface area contributed by atoms with Gasteiger partial charge in [-0.05, 0) is 6.92 Å². The van der Waals surface area contributed by atoms with Crippen molar-refractivity contribution in [1.29, 1.82) is 0 Å². The Hall–Kier alpha value is -0.610. The van der Waals surface area contributed by atoms with Gasteiger partial charge in [0.2, 0.25) is 0 Å². The molecule has 8 heavy (non-hydrogen) atoms. The van der Waals surface area contributed by atoms with Crippen LogP contribution in [-0.2, 0) is 4.79 Å². The Morgan fingerprint density at radius 3 is 2.25 bits per heavy atom. The topological polar surface area (TPSA) is 87.1 Å². The molecule has 4 N–H and O–H groups in total. The van der Waals surface area contributed by atoms with Crippen molar-refractivity contribution in [2.75, 3.05) is 0 Å². The maximum absolute atomic E-state index is 9.97. The third-order valence-electron chi connectivity index (χ3n) is 0.822. The summed E-state index contributed by atoms with van der Waals surface area (Å²) in [6, 6.07) is -1.05. The van der Waals surface area contributed by atoms with Crippen molar-refractivity contribution in [3.8, 4) is 0 Å². The van der Waals surface area contributed by atoms with Crippen molar-refractivity contribution >= 4 is 5.91 Å². The maximum atomic E-state index is 9.97. The fourth-order valence-electron chi connectivity index (χ4n) is 0.219. The van der Waals surface area contributed by atoms with Gasteiger partial charge in [-0.2, -0.15) is 0 Å². The molecule has 4 heteroatoms.